The van der Waals surface area contributed by atoms with Crippen LogP contribution in [0.4, 0.5) is 10.1 Å². The molecule has 1 aromatic carbocycles. The van der Waals surface area contributed by atoms with Crippen molar-refractivity contribution < 1.29 is 12.8 Å². The molecule has 1 aromatic heterocycles. The van der Waals surface area contributed by atoms with Crippen LogP contribution >= 0.6 is 11.3 Å². The predicted octanol–water partition coefficient (Wildman–Crippen LogP) is 2.69. The Bertz CT molecular complexity index is 819. The summed E-state index contributed by atoms with van der Waals surface area (Å²) in [5.41, 5.74) is 0.627. The molecule has 2 atom stereocenters. The maximum absolute atomic E-state index is 14.0. The molecule has 3 rings (SSSR count). The second-order valence-corrected chi connectivity index (χ2v) is 9.37. The number of rotatable bonds is 6. The average molecular weight is 398 g/mol. The SMILES string of the molecule is C[C@H](NS(C)(=O)=O)[C@H](c1cccs1)N1CCN(c2ccccc2F)CC1. The molecular formula is C18H24FN3O2S2. The summed E-state index contributed by atoms with van der Waals surface area (Å²) in [6.45, 7) is 4.79. The largest absolute Gasteiger partial charge is 0.367 e. The quantitative estimate of drug-likeness (QED) is 0.814. The fraction of sp³-hybridized carbons (Fsp3) is 0.444. The summed E-state index contributed by atoms with van der Waals surface area (Å²) >= 11 is 1.63. The van der Waals surface area contributed by atoms with Crippen molar-refractivity contribution in [3.8, 4) is 0 Å². The molecule has 1 aliphatic rings. The van der Waals surface area contributed by atoms with E-state index in [1.807, 2.05) is 35.4 Å². The van der Waals surface area contributed by atoms with Gasteiger partial charge in [-0.1, -0.05) is 18.2 Å². The van der Waals surface area contributed by atoms with E-state index < -0.39 is 10.0 Å². The van der Waals surface area contributed by atoms with Crippen LogP contribution in [-0.4, -0.2) is 51.8 Å². The minimum Gasteiger partial charge on any atom is -0.367 e. The van der Waals surface area contributed by atoms with E-state index in [1.54, 1.807) is 23.5 Å². The lowest BCUT2D eigenvalue weighted by molar-refractivity contribution is 0.164. The van der Waals surface area contributed by atoms with Crippen LogP contribution in [0.3, 0.4) is 0 Å². The highest BCUT2D eigenvalue weighted by atomic mass is 32.2. The minimum atomic E-state index is -3.29. The molecule has 1 fully saturated rings. The van der Waals surface area contributed by atoms with Crippen LogP contribution in [0, 0.1) is 5.82 Å². The van der Waals surface area contributed by atoms with E-state index in [0.717, 1.165) is 18.0 Å². The minimum absolute atomic E-state index is 0.0347. The van der Waals surface area contributed by atoms with Crippen molar-refractivity contribution in [1.29, 1.82) is 0 Å². The fourth-order valence-corrected chi connectivity index (χ4v) is 5.32. The number of nitrogens with zero attached hydrogens (tertiary/aromatic N) is 2. The summed E-state index contributed by atoms with van der Waals surface area (Å²) in [6, 6.07) is 10.6. The Kier molecular flexibility index (Phi) is 5.96. The van der Waals surface area contributed by atoms with Crippen LogP contribution in [0.5, 0.6) is 0 Å². The van der Waals surface area contributed by atoms with Crippen LogP contribution in [0.25, 0.3) is 0 Å². The van der Waals surface area contributed by atoms with Crippen molar-refractivity contribution in [3.63, 3.8) is 0 Å². The Morgan fingerprint density at radius 1 is 1.12 bits per heavy atom. The number of nitrogens with one attached hydrogen (secondary N) is 1. The summed E-state index contributed by atoms with van der Waals surface area (Å²) in [5, 5.41) is 2.01. The summed E-state index contributed by atoms with van der Waals surface area (Å²) in [7, 11) is -3.29. The van der Waals surface area contributed by atoms with Crippen molar-refractivity contribution in [2.45, 2.75) is 19.0 Å². The third kappa shape index (κ3) is 4.62. The zero-order valence-corrected chi connectivity index (χ0v) is 16.6. The predicted molar refractivity (Wildman–Crippen MR) is 105 cm³/mol. The Morgan fingerprint density at radius 2 is 1.81 bits per heavy atom. The first-order valence-corrected chi connectivity index (χ1v) is 11.4. The third-order valence-electron chi connectivity index (χ3n) is 4.61. The van der Waals surface area contributed by atoms with E-state index in [9.17, 15) is 12.8 Å². The maximum atomic E-state index is 14.0. The van der Waals surface area contributed by atoms with Crippen molar-refractivity contribution >= 4 is 27.0 Å². The van der Waals surface area contributed by atoms with Gasteiger partial charge >= 0.3 is 0 Å². The van der Waals surface area contributed by atoms with Gasteiger partial charge in [-0.05, 0) is 30.5 Å². The lowest BCUT2D eigenvalue weighted by atomic mass is 10.1. The molecular weight excluding hydrogens is 373 g/mol. The zero-order chi connectivity index (χ0) is 18.7. The number of benzene rings is 1. The molecule has 2 aromatic rings. The maximum Gasteiger partial charge on any atom is 0.209 e. The van der Waals surface area contributed by atoms with Crippen LogP contribution in [0.2, 0.25) is 0 Å². The van der Waals surface area contributed by atoms with Gasteiger partial charge in [-0.2, -0.15) is 0 Å². The van der Waals surface area contributed by atoms with Gasteiger partial charge in [0.1, 0.15) is 5.82 Å². The van der Waals surface area contributed by atoms with Gasteiger partial charge in [0.15, 0.2) is 0 Å². The highest BCUT2D eigenvalue weighted by molar-refractivity contribution is 7.88. The molecule has 0 radical (unpaired) electrons. The number of thiophene rings is 1. The number of hydrogen-bond acceptors (Lipinski definition) is 5. The molecule has 142 valence electrons. The Balaban J connectivity index is 1.74. The van der Waals surface area contributed by atoms with Gasteiger partial charge in [-0.3, -0.25) is 4.90 Å². The molecule has 0 aliphatic carbocycles. The normalized spacial score (nSPS) is 18.7. The molecule has 5 nitrogen and oxygen atoms in total. The van der Waals surface area contributed by atoms with E-state index in [4.69, 9.17) is 0 Å². The molecule has 1 saturated heterocycles. The number of para-hydroxylation sites is 1. The summed E-state index contributed by atoms with van der Waals surface area (Å²) in [4.78, 5) is 5.46. The van der Waals surface area contributed by atoms with Gasteiger partial charge in [0, 0.05) is 37.1 Å². The standard InChI is InChI=1S/C18H24FN3O2S2/c1-14(20-26(2,23)24)18(17-8-5-13-25-17)22-11-9-21(10-12-22)16-7-4-3-6-15(16)19/h3-8,13-14,18,20H,9-12H2,1-2H3/t14-,18+/m0/s1. The van der Waals surface area contributed by atoms with E-state index in [1.165, 1.54) is 12.3 Å². The van der Waals surface area contributed by atoms with Crippen LogP contribution in [0.1, 0.15) is 17.8 Å². The molecule has 26 heavy (non-hydrogen) atoms. The molecule has 0 bridgehead atoms. The molecule has 1 aliphatic heterocycles. The van der Waals surface area contributed by atoms with Gasteiger partial charge in [-0.25, -0.2) is 17.5 Å². The third-order valence-corrected chi connectivity index (χ3v) is 6.35. The second kappa shape index (κ2) is 8.04. The highest BCUT2D eigenvalue weighted by Crippen LogP contribution is 2.30. The van der Waals surface area contributed by atoms with Gasteiger partial charge in [0.2, 0.25) is 10.0 Å². The lowest BCUT2D eigenvalue weighted by Gasteiger charge is -2.42. The summed E-state index contributed by atoms with van der Waals surface area (Å²) < 4.78 is 40.2. The van der Waals surface area contributed by atoms with Crippen molar-refractivity contribution in [2.75, 3.05) is 37.3 Å². The van der Waals surface area contributed by atoms with Crippen LogP contribution in [-0.2, 0) is 10.0 Å². The van der Waals surface area contributed by atoms with Gasteiger partial charge in [-0.15, -0.1) is 11.3 Å². The molecule has 0 saturated carbocycles. The Hall–Kier alpha value is -1.48. The summed E-state index contributed by atoms with van der Waals surface area (Å²) in [6.07, 6.45) is 1.19. The van der Waals surface area contributed by atoms with Crippen molar-refractivity contribution in [1.82, 2.24) is 9.62 Å². The number of sulfonamides is 1. The van der Waals surface area contributed by atoms with Crippen LogP contribution in [0.15, 0.2) is 41.8 Å². The Labute approximate surface area is 158 Å². The Morgan fingerprint density at radius 3 is 2.38 bits per heavy atom. The van der Waals surface area contributed by atoms with Crippen molar-refractivity contribution in [3.05, 3.63) is 52.5 Å². The van der Waals surface area contributed by atoms with E-state index in [0.29, 0.717) is 18.8 Å². The van der Waals surface area contributed by atoms with Gasteiger partial charge < -0.3 is 4.90 Å². The molecule has 0 amide bonds. The van der Waals surface area contributed by atoms with E-state index in [-0.39, 0.29) is 17.9 Å². The number of piperazine rings is 1. The van der Waals surface area contributed by atoms with Gasteiger partial charge in [0.05, 0.1) is 18.0 Å². The lowest BCUT2D eigenvalue weighted by Crippen LogP contribution is -2.52. The summed E-state index contributed by atoms with van der Waals surface area (Å²) in [5.74, 6) is -0.206. The number of hydrogen-bond donors (Lipinski definition) is 1. The first kappa shape index (κ1) is 19.3. The van der Waals surface area contributed by atoms with E-state index >= 15 is 0 Å². The smallest absolute Gasteiger partial charge is 0.209 e. The molecule has 1 N–H and O–H groups in total. The van der Waals surface area contributed by atoms with E-state index in [2.05, 4.69) is 9.62 Å². The second-order valence-electron chi connectivity index (χ2n) is 6.61. The molecule has 2 heterocycles. The first-order valence-electron chi connectivity index (χ1n) is 8.59. The number of anilines is 1. The van der Waals surface area contributed by atoms with Crippen molar-refractivity contribution in [2.24, 2.45) is 0 Å². The van der Waals surface area contributed by atoms with Gasteiger partial charge in [0.25, 0.3) is 0 Å². The van der Waals surface area contributed by atoms with Crippen LogP contribution < -0.4 is 9.62 Å². The average Bonchev–Trinajstić information content (AvgIpc) is 3.09. The molecule has 0 spiro atoms. The highest BCUT2D eigenvalue weighted by Gasteiger charge is 2.31. The topological polar surface area (TPSA) is 52.7 Å². The molecule has 8 heteroatoms. The monoisotopic (exact) mass is 397 g/mol. The first-order chi connectivity index (χ1) is 12.3. The zero-order valence-electron chi connectivity index (χ0n) is 14.9. The number of halogens is 1. The molecule has 0 unspecified atom stereocenters. The fourth-order valence-electron chi connectivity index (χ4n) is 3.55.